The third-order valence-corrected chi connectivity index (χ3v) is 2.16. The molecule has 2 rings (SSSR count). The Hall–Kier alpha value is -0.960. The van der Waals surface area contributed by atoms with Gasteiger partial charge in [0.25, 0.3) is 0 Å². The molecule has 4 N–H and O–H groups in total. The molecule has 1 aliphatic heterocycles. The smallest absolute Gasteiger partial charge is 0.0495 e. The first-order valence-corrected chi connectivity index (χ1v) is 4.03. The molecule has 0 bridgehead atoms. The van der Waals surface area contributed by atoms with E-state index in [1.165, 1.54) is 18.5 Å². The molecule has 0 aromatic carbocycles. The Morgan fingerprint density at radius 3 is 3.00 bits per heavy atom. The highest BCUT2D eigenvalue weighted by Gasteiger charge is 2.16. The van der Waals surface area contributed by atoms with Crippen molar-refractivity contribution < 1.29 is 0 Å². The maximum absolute atomic E-state index is 5.59. The number of rotatable bonds is 1. The zero-order valence-corrected chi connectivity index (χ0v) is 6.43. The molecule has 1 aliphatic rings. The molecule has 1 fully saturated rings. The van der Waals surface area contributed by atoms with Gasteiger partial charge in [0.15, 0.2) is 0 Å². The lowest BCUT2D eigenvalue weighted by atomic mass is 10.2. The first-order chi connectivity index (χ1) is 5.36. The first kappa shape index (κ1) is 6.73. The largest absolute Gasteiger partial charge is 0.397 e. The normalized spacial score (nSPS) is 24.2. The molecule has 11 heavy (non-hydrogen) atoms. The summed E-state index contributed by atoms with van der Waals surface area (Å²) in [5, 5.41) is 3.40. The topological polar surface area (TPSA) is 53.8 Å². The van der Waals surface area contributed by atoms with Crippen LogP contribution in [-0.4, -0.2) is 11.5 Å². The minimum absolute atomic E-state index is 0.507. The molecule has 1 saturated heterocycles. The van der Waals surface area contributed by atoms with Crippen molar-refractivity contribution >= 4 is 5.69 Å². The van der Waals surface area contributed by atoms with Gasteiger partial charge in [-0.15, -0.1) is 0 Å². The molecule has 3 heteroatoms. The second-order valence-corrected chi connectivity index (χ2v) is 3.04. The Kier molecular flexibility index (Phi) is 1.58. The number of aromatic amines is 1. The first-order valence-electron chi connectivity index (χ1n) is 4.03. The van der Waals surface area contributed by atoms with Gasteiger partial charge in [-0.05, 0) is 25.5 Å². The van der Waals surface area contributed by atoms with Crippen LogP contribution in [0, 0.1) is 0 Å². The summed E-state index contributed by atoms with van der Waals surface area (Å²) in [6.45, 7) is 1.13. The summed E-state index contributed by atoms with van der Waals surface area (Å²) in [4.78, 5) is 3.16. The number of hydrogen-bond donors (Lipinski definition) is 3. The van der Waals surface area contributed by atoms with Crippen LogP contribution >= 0.6 is 0 Å². The van der Waals surface area contributed by atoms with Crippen molar-refractivity contribution in [1.82, 2.24) is 10.3 Å². The van der Waals surface area contributed by atoms with Gasteiger partial charge in [-0.1, -0.05) is 0 Å². The highest BCUT2D eigenvalue weighted by molar-refractivity contribution is 5.38. The lowest BCUT2D eigenvalue weighted by molar-refractivity contribution is 0.632. The van der Waals surface area contributed by atoms with Crippen LogP contribution in [0.3, 0.4) is 0 Å². The molecule has 1 aromatic heterocycles. The van der Waals surface area contributed by atoms with Gasteiger partial charge in [0.1, 0.15) is 0 Å². The van der Waals surface area contributed by atoms with Crippen LogP contribution in [0.15, 0.2) is 12.3 Å². The van der Waals surface area contributed by atoms with Gasteiger partial charge < -0.3 is 16.0 Å². The van der Waals surface area contributed by atoms with Crippen molar-refractivity contribution in [3.05, 3.63) is 18.0 Å². The van der Waals surface area contributed by atoms with E-state index in [0.717, 1.165) is 12.2 Å². The second-order valence-electron chi connectivity index (χ2n) is 3.04. The standard InChI is InChI=1S/C8H13N3/c9-6-4-8(11-5-6)7-2-1-3-10-7/h4-5,7,10-11H,1-3,9H2/t7-/m1/s1. The average molecular weight is 151 g/mol. The molecule has 3 nitrogen and oxygen atoms in total. The Morgan fingerprint density at radius 2 is 2.45 bits per heavy atom. The Balaban J connectivity index is 2.15. The maximum atomic E-state index is 5.59. The lowest BCUT2D eigenvalue weighted by Crippen LogP contribution is -2.12. The summed E-state index contributed by atoms with van der Waals surface area (Å²) < 4.78 is 0. The van der Waals surface area contributed by atoms with E-state index in [2.05, 4.69) is 10.3 Å². The molecular formula is C8H13N3. The van der Waals surface area contributed by atoms with Crippen LogP contribution in [0.1, 0.15) is 24.6 Å². The van der Waals surface area contributed by atoms with Gasteiger partial charge >= 0.3 is 0 Å². The van der Waals surface area contributed by atoms with Gasteiger partial charge in [-0.25, -0.2) is 0 Å². The van der Waals surface area contributed by atoms with Crippen LogP contribution in [0.5, 0.6) is 0 Å². The molecule has 0 amide bonds. The zero-order valence-electron chi connectivity index (χ0n) is 6.43. The Labute approximate surface area is 66.0 Å². The summed E-state index contributed by atoms with van der Waals surface area (Å²) >= 11 is 0. The van der Waals surface area contributed by atoms with Crippen molar-refractivity contribution in [2.45, 2.75) is 18.9 Å². The van der Waals surface area contributed by atoms with E-state index < -0.39 is 0 Å². The number of anilines is 1. The fourth-order valence-electron chi connectivity index (χ4n) is 1.58. The minimum atomic E-state index is 0.507. The van der Waals surface area contributed by atoms with Crippen LogP contribution in [0.4, 0.5) is 5.69 Å². The summed E-state index contributed by atoms with van der Waals surface area (Å²) in [5.41, 5.74) is 7.64. The van der Waals surface area contributed by atoms with E-state index in [9.17, 15) is 0 Å². The summed E-state index contributed by atoms with van der Waals surface area (Å²) in [6.07, 6.45) is 4.33. The van der Waals surface area contributed by atoms with Gasteiger partial charge in [-0.2, -0.15) is 0 Å². The highest BCUT2D eigenvalue weighted by atomic mass is 15.0. The van der Waals surface area contributed by atoms with Gasteiger partial charge in [0.05, 0.1) is 0 Å². The van der Waals surface area contributed by atoms with Gasteiger partial charge in [-0.3, -0.25) is 0 Å². The van der Waals surface area contributed by atoms with Gasteiger partial charge in [0.2, 0.25) is 0 Å². The fourth-order valence-corrected chi connectivity index (χ4v) is 1.58. The van der Waals surface area contributed by atoms with Crippen molar-refractivity contribution in [3.8, 4) is 0 Å². The van der Waals surface area contributed by atoms with E-state index >= 15 is 0 Å². The SMILES string of the molecule is Nc1c[nH]c([C@H]2CCCN2)c1. The van der Waals surface area contributed by atoms with Crippen LogP contribution in [-0.2, 0) is 0 Å². The van der Waals surface area contributed by atoms with E-state index in [1.807, 2.05) is 12.3 Å². The zero-order chi connectivity index (χ0) is 7.68. The molecule has 0 aliphatic carbocycles. The number of nitrogens with two attached hydrogens (primary N) is 1. The number of nitrogens with one attached hydrogen (secondary N) is 2. The number of H-pyrrole nitrogens is 1. The Morgan fingerprint density at radius 1 is 1.55 bits per heavy atom. The van der Waals surface area contributed by atoms with Gasteiger partial charge in [0, 0.05) is 23.6 Å². The summed E-state index contributed by atoms with van der Waals surface area (Å²) in [5.74, 6) is 0. The summed E-state index contributed by atoms with van der Waals surface area (Å²) in [6, 6.07) is 2.51. The Bertz CT molecular complexity index is 235. The molecule has 2 heterocycles. The second kappa shape index (κ2) is 2.58. The fraction of sp³-hybridized carbons (Fsp3) is 0.500. The predicted octanol–water partition coefficient (Wildman–Crippen LogP) is 1.02. The third-order valence-electron chi connectivity index (χ3n) is 2.16. The predicted molar refractivity (Wildman–Crippen MR) is 45.2 cm³/mol. The minimum Gasteiger partial charge on any atom is -0.397 e. The molecule has 0 radical (unpaired) electrons. The molecule has 60 valence electrons. The van der Waals surface area contributed by atoms with Crippen LogP contribution in [0.2, 0.25) is 0 Å². The van der Waals surface area contributed by atoms with E-state index in [-0.39, 0.29) is 0 Å². The number of aromatic nitrogens is 1. The average Bonchev–Trinajstić information content (AvgIpc) is 2.55. The van der Waals surface area contributed by atoms with E-state index in [1.54, 1.807) is 0 Å². The van der Waals surface area contributed by atoms with Crippen molar-refractivity contribution in [2.75, 3.05) is 12.3 Å². The van der Waals surface area contributed by atoms with Crippen molar-refractivity contribution in [1.29, 1.82) is 0 Å². The number of hydrogen-bond acceptors (Lipinski definition) is 2. The molecule has 0 unspecified atom stereocenters. The quantitative estimate of drug-likeness (QED) is 0.561. The van der Waals surface area contributed by atoms with Crippen molar-refractivity contribution in [2.24, 2.45) is 0 Å². The molecule has 0 saturated carbocycles. The maximum Gasteiger partial charge on any atom is 0.0495 e. The molecule has 0 spiro atoms. The van der Waals surface area contributed by atoms with Crippen LogP contribution < -0.4 is 11.1 Å². The summed E-state index contributed by atoms with van der Waals surface area (Å²) in [7, 11) is 0. The molecular weight excluding hydrogens is 138 g/mol. The van der Waals surface area contributed by atoms with E-state index in [4.69, 9.17) is 5.73 Å². The van der Waals surface area contributed by atoms with Crippen LogP contribution in [0.25, 0.3) is 0 Å². The van der Waals surface area contributed by atoms with Crippen molar-refractivity contribution in [3.63, 3.8) is 0 Å². The van der Waals surface area contributed by atoms with E-state index in [0.29, 0.717) is 6.04 Å². The highest BCUT2D eigenvalue weighted by Crippen LogP contribution is 2.22. The molecule has 1 aromatic rings. The lowest BCUT2D eigenvalue weighted by Gasteiger charge is -2.05. The third kappa shape index (κ3) is 1.24. The number of nitrogen functional groups attached to an aromatic ring is 1. The molecule has 1 atom stereocenters. The monoisotopic (exact) mass is 151 g/mol.